The van der Waals surface area contributed by atoms with Crippen LogP contribution >= 0.6 is 0 Å². The molecule has 0 bridgehead atoms. The lowest BCUT2D eigenvalue weighted by Gasteiger charge is -2.31. The second-order valence-electron chi connectivity index (χ2n) is 26.5. The number of aryl methyl sites for hydroxylation is 4. The zero-order valence-corrected chi connectivity index (χ0v) is 63.3. The first-order valence-corrected chi connectivity index (χ1v) is 35.1. The molecule has 2 unspecified atom stereocenters. The van der Waals surface area contributed by atoms with Crippen LogP contribution in [0.3, 0.4) is 0 Å². The number of carbonyl (C=O) groups excluding carboxylic acids is 1. The number of ketones is 1. The Hall–Kier alpha value is -13.8. The Kier molecular flexibility index (Phi) is 29.5. The van der Waals surface area contributed by atoms with Crippen LogP contribution in [0, 0.1) is 60.1 Å². The lowest BCUT2D eigenvalue weighted by molar-refractivity contribution is 0.0696. The molecule has 564 valence electrons. The van der Waals surface area contributed by atoms with Crippen LogP contribution in [0.5, 0.6) is 51.7 Å². The summed E-state index contributed by atoms with van der Waals surface area (Å²) < 4.78 is 16.2. The van der Waals surface area contributed by atoms with E-state index in [1.54, 1.807) is 82.9 Å². The summed E-state index contributed by atoms with van der Waals surface area (Å²) >= 11 is 0. The van der Waals surface area contributed by atoms with Crippen LogP contribution < -0.4 is 24.8 Å². The quantitative estimate of drug-likeness (QED) is 0.0204. The molecular formula is C89H90N8O13. The van der Waals surface area contributed by atoms with Crippen molar-refractivity contribution >= 4 is 45.5 Å². The minimum atomic E-state index is -0.965. The van der Waals surface area contributed by atoms with Crippen molar-refractivity contribution in [2.24, 2.45) is 0 Å². The topological polar surface area (TPSA) is 390 Å². The third kappa shape index (κ3) is 20.2. The van der Waals surface area contributed by atoms with E-state index in [4.69, 9.17) is 46.6 Å². The van der Waals surface area contributed by atoms with Crippen LogP contribution in [0.15, 0.2) is 200 Å². The molecule has 2 aliphatic carbocycles. The van der Waals surface area contributed by atoms with Crippen LogP contribution in [0.2, 0.25) is 0 Å². The van der Waals surface area contributed by atoms with Gasteiger partial charge in [-0.1, -0.05) is 110 Å². The fourth-order valence-corrected chi connectivity index (χ4v) is 13.8. The average molecular weight is 1480 g/mol. The molecule has 0 aromatic heterocycles. The third-order valence-corrected chi connectivity index (χ3v) is 19.3. The van der Waals surface area contributed by atoms with E-state index < -0.39 is 5.97 Å². The standard InChI is InChI=1S/C24H27NO3.C24H18O4.C22H23NO3.C19H22O3.3N2/c1-15-11-18(7-10-23(15)28-4)16(2)22-14-20(25-3)13-19(24(22)27)12-17-5-8-21(26)9-6-17;25-20-12-14-5-2-9-18-21(14)22-16(7-3-8-17(20)22)19(23(18)26)11-13-4-1-6-15(10-13)24(27)28;1-14-9-16(5-8-21(14)25)11-18-13-19(23-2)12-17(22(18)26)10-15-3-6-20(24)7-4-15;1-12-8-15(6-7-18(12)21-4)10-17-11-16(14(3)20)9-13(2)19(17)22-5;3*1-2/h5-11,13-14,16,25-27H,12H2,1-4H3;1-8,10,12,19,25-26H,9,11H2,(H,27,28);3-9,12-13,23-26H,10-11H2,1-2H3;6-9,11H,10H2,1-5H3;;;. The highest BCUT2D eigenvalue weighted by Gasteiger charge is 2.33. The molecule has 0 heterocycles. The Balaban J connectivity index is 0.000000200. The van der Waals surface area contributed by atoms with Crippen LogP contribution in [0.25, 0.3) is 22.4 Å². The zero-order chi connectivity index (χ0) is 80.6. The van der Waals surface area contributed by atoms with Gasteiger partial charge in [-0.25, -0.2) is 4.79 Å². The molecule has 0 saturated heterocycles. The van der Waals surface area contributed by atoms with Gasteiger partial charge < -0.3 is 65.7 Å². The predicted molar refractivity (Wildman–Crippen MR) is 425 cm³/mol. The van der Waals surface area contributed by atoms with Gasteiger partial charge in [-0.15, -0.1) is 0 Å². The maximum Gasteiger partial charge on any atom is 0.335 e. The van der Waals surface area contributed by atoms with Crippen molar-refractivity contribution in [3.8, 4) is 51.7 Å². The maximum atomic E-state index is 11.7. The van der Waals surface area contributed by atoms with Gasteiger partial charge >= 0.3 is 5.97 Å². The molecule has 0 fully saturated rings. The number of hydrogen-bond donors (Lipinski definition) is 10. The maximum absolute atomic E-state index is 11.7. The van der Waals surface area contributed by atoms with Gasteiger partial charge in [0.25, 0.3) is 0 Å². The van der Waals surface area contributed by atoms with E-state index in [1.807, 2.05) is 175 Å². The number of benzene rings is 11. The van der Waals surface area contributed by atoms with Gasteiger partial charge in [0.15, 0.2) is 5.78 Å². The molecule has 13 rings (SSSR count). The minimum Gasteiger partial charge on any atom is -0.511 e. The van der Waals surface area contributed by atoms with Crippen molar-refractivity contribution in [3.05, 3.63) is 311 Å². The van der Waals surface area contributed by atoms with Crippen molar-refractivity contribution in [2.75, 3.05) is 46.1 Å². The number of rotatable bonds is 19. The Morgan fingerprint density at radius 1 is 0.500 bits per heavy atom. The van der Waals surface area contributed by atoms with Gasteiger partial charge in [0.2, 0.25) is 0 Å². The number of carboxylic acid groups (broad SMARTS) is 1. The fraction of sp³-hybridized carbons (Fsp3) is 0.213. The number of methoxy groups -OCH3 is 3. The molecular weight excluding hydrogens is 1390 g/mol. The highest BCUT2D eigenvalue weighted by Crippen LogP contribution is 2.50. The van der Waals surface area contributed by atoms with E-state index in [1.165, 1.54) is 0 Å². The van der Waals surface area contributed by atoms with Crippen molar-refractivity contribution in [3.63, 3.8) is 0 Å². The van der Waals surface area contributed by atoms with Gasteiger partial charge in [0.05, 0.1) is 26.9 Å². The number of ether oxygens (including phenoxy) is 3. The number of carboxylic acids is 1. The Morgan fingerprint density at radius 2 is 1.02 bits per heavy atom. The Labute approximate surface area is 640 Å². The SMILES string of the molecule is CNc1cc(Cc2ccc(O)cc2)c(O)c(C(C)c2ccc(OC)c(C)c2)c1.CNc1cc(Cc2ccc(O)cc2)c(O)c(Cc2ccc(O)c(C)c2)c1.COc1ccc(Cc2cc(C(C)=O)cc(C)c2OC)cc1C.N#N.N#N.N#N.O=C(O)c1cccc(CC2C(O)=C3CC=Cc4cc(O)c5cccc2c5c43)c1. The average Bonchev–Trinajstić information content (AvgIpc) is 0.721. The van der Waals surface area contributed by atoms with E-state index in [9.17, 15) is 50.4 Å². The predicted octanol–water partition coefficient (Wildman–Crippen LogP) is 19.0. The number of aliphatic hydroxyl groups excluding tert-OH is 1. The molecule has 2 atom stereocenters. The lowest BCUT2D eigenvalue weighted by atomic mass is 9.74. The number of aliphatic hydroxyl groups is 1. The summed E-state index contributed by atoms with van der Waals surface area (Å²) in [4.78, 5) is 23.0. The summed E-state index contributed by atoms with van der Waals surface area (Å²) in [5.74, 6) is 3.32. The minimum absolute atomic E-state index is 0.0245. The number of phenols is 6. The number of nitrogens with zero attached hydrogens (tertiary/aromatic N) is 6. The number of phenolic OH excluding ortho intramolecular Hbond substituents is 6. The van der Waals surface area contributed by atoms with Crippen LogP contribution in [0.1, 0.15) is 153 Å². The fourth-order valence-electron chi connectivity index (χ4n) is 13.8. The van der Waals surface area contributed by atoms with Gasteiger partial charge in [-0.3, -0.25) is 4.79 Å². The number of nitrogens with one attached hydrogen (secondary N) is 2. The molecule has 21 nitrogen and oxygen atoms in total. The second-order valence-corrected chi connectivity index (χ2v) is 26.5. The molecule has 10 N–H and O–H groups in total. The largest absolute Gasteiger partial charge is 0.511 e. The molecule has 11 aromatic rings. The van der Waals surface area contributed by atoms with E-state index in [0.29, 0.717) is 43.6 Å². The smallest absolute Gasteiger partial charge is 0.335 e. The molecule has 0 amide bonds. The van der Waals surface area contributed by atoms with E-state index in [-0.39, 0.29) is 51.9 Å². The Bertz CT molecular complexity index is 5230. The Morgan fingerprint density at radius 3 is 1.55 bits per heavy atom. The summed E-state index contributed by atoms with van der Waals surface area (Å²) in [5.41, 5.74) is 21.2. The molecule has 2 aliphatic rings. The molecule has 0 radical (unpaired) electrons. The molecule has 0 saturated carbocycles. The van der Waals surface area contributed by atoms with Crippen molar-refractivity contribution < 1.29 is 64.7 Å². The van der Waals surface area contributed by atoms with Crippen molar-refractivity contribution in [2.45, 2.75) is 91.9 Å². The monoisotopic (exact) mass is 1480 g/mol. The number of Topliss-reactive ketones (excluding diaryl/α,β-unsaturated/α-hetero) is 1. The summed E-state index contributed by atoms with van der Waals surface area (Å²) in [7, 11) is 8.74. The molecule has 0 aliphatic heterocycles. The van der Waals surface area contributed by atoms with Gasteiger partial charge in [-0.2, -0.15) is 0 Å². The lowest BCUT2D eigenvalue weighted by Crippen LogP contribution is -2.16. The summed E-state index contributed by atoms with van der Waals surface area (Å²) in [5, 5.41) is 125. The van der Waals surface area contributed by atoms with Crippen molar-refractivity contribution in [1.29, 1.82) is 32.4 Å². The highest BCUT2D eigenvalue weighted by molar-refractivity contribution is 6.06. The van der Waals surface area contributed by atoms with E-state index in [2.05, 4.69) is 29.7 Å². The van der Waals surface area contributed by atoms with Gasteiger partial charge in [0.1, 0.15) is 57.5 Å². The number of carbonyl (C=O) groups is 2. The van der Waals surface area contributed by atoms with Crippen LogP contribution in [-0.2, 0) is 32.1 Å². The molecule has 11 aromatic carbocycles. The van der Waals surface area contributed by atoms with E-state index in [0.717, 1.165) is 157 Å². The normalized spacial score (nSPS) is 12.1. The first-order chi connectivity index (χ1) is 52.9. The number of allylic oxidation sites excluding steroid dienone is 3. The van der Waals surface area contributed by atoms with Crippen LogP contribution in [-0.4, -0.2) is 88.0 Å². The number of anilines is 2. The summed E-state index contributed by atoms with van der Waals surface area (Å²) in [6, 6.07) is 57.8. The third-order valence-electron chi connectivity index (χ3n) is 19.3. The van der Waals surface area contributed by atoms with Crippen LogP contribution in [0.4, 0.5) is 11.4 Å². The zero-order valence-electron chi connectivity index (χ0n) is 63.3. The molecule has 110 heavy (non-hydrogen) atoms. The second kappa shape index (κ2) is 39.0. The first kappa shape index (κ1) is 83.4. The first-order valence-electron chi connectivity index (χ1n) is 35.1. The van der Waals surface area contributed by atoms with Gasteiger partial charge in [-0.05, 0) is 228 Å². The van der Waals surface area contributed by atoms with E-state index >= 15 is 0 Å². The molecule has 21 heteroatoms. The highest BCUT2D eigenvalue weighted by atomic mass is 16.5. The number of aromatic carboxylic acids is 1. The number of aromatic hydroxyl groups is 6. The molecule has 0 spiro atoms. The number of hydrogen-bond acceptors (Lipinski definition) is 20. The summed E-state index contributed by atoms with van der Waals surface area (Å²) in [6.07, 6.45) is 7.56. The summed E-state index contributed by atoms with van der Waals surface area (Å²) in [6.45, 7) is 11.6. The van der Waals surface area contributed by atoms with Gasteiger partial charge in [0, 0.05) is 134 Å². The van der Waals surface area contributed by atoms with Crippen molar-refractivity contribution in [1.82, 2.24) is 0 Å².